The quantitative estimate of drug-likeness (QED) is 0.0530. The summed E-state index contributed by atoms with van der Waals surface area (Å²) >= 11 is 0. The zero-order chi connectivity index (χ0) is 28.8. The van der Waals surface area contributed by atoms with Crippen LogP contribution in [0.15, 0.2) is 12.2 Å². The minimum atomic E-state index is -0.748. The molecule has 0 heterocycles. The number of rotatable bonds is 30. The van der Waals surface area contributed by atoms with Crippen LogP contribution in [0.4, 0.5) is 0 Å². The Hall–Kier alpha value is -0.910. The van der Waals surface area contributed by atoms with E-state index >= 15 is 0 Å². The summed E-state index contributed by atoms with van der Waals surface area (Å²) in [5, 5.41) is 33.0. The van der Waals surface area contributed by atoms with E-state index in [0.29, 0.717) is 12.8 Å². The number of carbonyl (C=O) groups is 1. The molecule has 0 aromatic carbocycles. The predicted molar refractivity (Wildman–Crippen MR) is 167 cm³/mol. The van der Waals surface area contributed by atoms with Gasteiger partial charge in [-0.1, -0.05) is 148 Å². The smallest absolute Gasteiger partial charge is 0.222 e. The van der Waals surface area contributed by atoms with Crippen molar-refractivity contribution in [3.8, 4) is 0 Å². The summed E-state index contributed by atoms with van der Waals surface area (Å²) in [4.78, 5) is 12.3. The van der Waals surface area contributed by atoms with Gasteiger partial charge in [0.15, 0.2) is 0 Å². The minimum Gasteiger partial charge on any atom is -0.394 e. The standard InChI is InChI=1S/C34H67NO4/c1-3-5-7-9-11-13-14-15-16-17-18-19-20-22-24-26-28-33(38)32(30-36)35-34(39)29-31(37)27-25-23-21-12-10-8-6-4-2/h10,12,31-33,36-38H,3-9,11,13-30H2,1-2H3,(H,35,39)/b12-10-. The molecule has 0 radical (unpaired) electrons. The molecule has 0 aliphatic rings. The number of amides is 1. The van der Waals surface area contributed by atoms with Crippen LogP contribution in [0, 0.1) is 0 Å². The summed E-state index contributed by atoms with van der Waals surface area (Å²) < 4.78 is 0. The molecule has 0 rings (SSSR count). The lowest BCUT2D eigenvalue weighted by Gasteiger charge is -2.23. The summed E-state index contributed by atoms with van der Waals surface area (Å²) in [7, 11) is 0. The summed E-state index contributed by atoms with van der Waals surface area (Å²) in [6.07, 6.45) is 31.7. The average molecular weight is 554 g/mol. The zero-order valence-electron chi connectivity index (χ0n) is 26.0. The zero-order valence-corrected chi connectivity index (χ0v) is 26.0. The highest BCUT2D eigenvalue weighted by Gasteiger charge is 2.21. The van der Waals surface area contributed by atoms with Crippen LogP contribution in [0.2, 0.25) is 0 Å². The van der Waals surface area contributed by atoms with Gasteiger partial charge in [-0.3, -0.25) is 4.79 Å². The molecule has 0 spiro atoms. The number of aliphatic hydroxyl groups excluding tert-OH is 3. The first kappa shape index (κ1) is 38.1. The van der Waals surface area contributed by atoms with E-state index in [1.807, 2.05) is 0 Å². The van der Waals surface area contributed by atoms with Crippen LogP contribution in [0.3, 0.4) is 0 Å². The summed E-state index contributed by atoms with van der Waals surface area (Å²) in [5.41, 5.74) is 0. The maximum atomic E-state index is 12.3. The molecule has 39 heavy (non-hydrogen) atoms. The Balaban J connectivity index is 3.68. The van der Waals surface area contributed by atoms with Crippen molar-refractivity contribution in [3.05, 3.63) is 12.2 Å². The number of unbranched alkanes of at least 4 members (excludes halogenated alkanes) is 19. The largest absolute Gasteiger partial charge is 0.394 e. The Kier molecular flexibility index (Phi) is 29.4. The SMILES string of the molecule is CCCC/C=C\CCCCC(O)CC(=O)NC(CO)C(O)CCCCCCCCCCCCCCCCCC. The van der Waals surface area contributed by atoms with Gasteiger partial charge in [0.05, 0.1) is 31.3 Å². The van der Waals surface area contributed by atoms with Gasteiger partial charge in [-0.05, 0) is 32.1 Å². The number of nitrogens with one attached hydrogen (secondary N) is 1. The second kappa shape index (κ2) is 30.1. The van der Waals surface area contributed by atoms with Gasteiger partial charge in [0, 0.05) is 0 Å². The van der Waals surface area contributed by atoms with Gasteiger partial charge in [0.25, 0.3) is 0 Å². The van der Waals surface area contributed by atoms with E-state index in [2.05, 4.69) is 31.3 Å². The molecule has 4 N–H and O–H groups in total. The molecule has 5 nitrogen and oxygen atoms in total. The van der Waals surface area contributed by atoms with Crippen LogP contribution >= 0.6 is 0 Å². The van der Waals surface area contributed by atoms with Gasteiger partial charge in [-0.2, -0.15) is 0 Å². The van der Waals surface area contributed by atoms with Gasteiger partial charge < -0.3 is 20.6 Å². The highest BCUT2D eigenvalue weighted by atomic mass is 16.3. The number of aliphatic hydroxyl groups is 3. The van der Waals surface area contributed by atoms with Gasteiger partial charge in [-0.15, -0.1) is 0 Å². The summed E-state index contributed by atoms with van der Waals surface area (Å²) in [5.74, 6) is -0.299. The van der Waals surface area contributed by atoms with Gasteiger partial charge in [-0.25, -0.2) is 0 Å². The van der Waals surface area contributed by atoms with E-state index in [-0.39, 0.29) is 18.9 Å². The third-order valence-corrected chi connectivity index (χ3v) is 7.83. The molecule has 0 saturated carbocycles. The van der Waals surface area contributed by atoms with Gasteiger partial charge in [0.2, 0.25) is 5.91 Å². The normalized spacial score (nSPS) is 14.1. The maximum absolute atomic E-state index is 12.3. The second-order valence-electron chi connectivity index (χ2n) is 11.8. The predicted octanol–water partition coefficient (Wildman–Crippen LogP) is 8.53. The Morgan fingerprint density at radius 3 is 1.54 bits per heavy atom. The topological polar surface area (TPSA) is 89.8 Å². The molecule has 3 unspecified atom stereocenters. The monoisotopic (exact) mass is 554 g/mol. The number of carbonyl (C=O) groups excluding carboxylic acids is 1. The highest BCUT2D eigenvalue weighted by molar-refractivity contribution is 5.76. The van der Waals surface area contributed by atoms with Crippen LogP contribution in [0.25, 0.3) is 0 Å². The van der Waals surface area contributed by atoms with E-state index in [1.165, 1.54) is 103 Å². The number of hydrogen-bond donors (Lipinski definition) is 4. The molecule has 5 heteroatoms. The van der Waals surface area contributed by atoms with Crippen molar-refractivity contribution in [1.82, 2.24) is 5.32 Å². The highest BCUT2D eigenvalue weighted by Crippen LogP contribution is 2.15. The summed E-state index contributed by atoms with van der Waals surface area (Å²) in [6.45, 7) is 4.18. The van der Waals surface area contributed by atoms with Crippen molar-refractivity contribution in [2.24, 2.45) is 0 Å². The first-order valence-electron chi connectivity index (χ1n) is 17.0. The van der Waals surface area contributed by atoms with E-state index in [9.17, 15) is 20.1 Å². The third-order valence-electron chi connectivity index (χ3n) is 7.83. The lowest BCUT2D eigenvalue weighted by Crippen LogP contribution is -2.46. The lowest BCUT2D eigenvalue weighted by atomic mass is 10.0. The molecular weight excluding hydrogens is 486 g/mol. The third kappa shape index (κ3) is 27.0. The molecule has 3 atom stereocenters. The van der Waals surface area contributed by atoms with E-state index in [4.69, 9.17) is 0 Å². The van der Waals surface area contributed by atoms with Crippen LogP contribution in [0.5, 0.6) is 0 Å². The van der Waals surface area contributed by atoms with Gasteiger partial charge >= 0.3 is 0 Å². The van der Waals surface area contributed by atoms with Crippen molar-refractivity contribution in [2.45, 2.75) is 193 Å². The van der Waals surface area contributed by atoms with Crippen molar-refractivity contribution in [1.29, 1.82) is 0 Å². The van der Waals surface area contributed by atoms with E-state index < -0.39 is 18.2 Å². The Bertz CT molecular complexity index is 539. The number of hydrogen-bond acceptors (Lipinski definition) is 4. The Morgan fingerprint density at radius 2 is 1.05 bits per heavy atom. The molecule has 0 aliphatic carbocycles. The van der Waals surface area contributed by atoms with E-state index in [1.54, 1.807) is 0 Å². The molecular formula is C34H67NO4. The first-order valence-corrected chi connectivity index (χ1v) is 17.0. The lowest BCUT2D eigenvalue weighted by molar-refractivity contribution is -0.125. The molecule has 0 saturated heterocycles. The Labute approximate surface area is 242 Å². The molecule has 0 aromatic heterocycles. The first-order chi connectivity index (χ1) is 19.0. The molecule has 0 bridgehead atoms. The fourth-order valence-electron chi connectivity index (χ4n) is 5.15. The molecule has 0 aromatic rings. The molecule has 1 amide bonds. The van der Waals surface area contributed by atoms with Crippen LogP contribution in [-0.2, 0) is 4.79 Å². The fourth-order valence-corrected chi connectivity index (χ4v) is 5.15. The second-order valence-corrected chi connectivity index (χ2v) is 11.8. The van der Waals surface area contributed by atoms with Crippen molar-refractivity contribution >= 4 is 5.91 Å². The molecule has 232 valence electrons. The number of allylic oxidation sites excluding steroid dienone is 2. The summed E-state index contributed by atoms with van der Waals surface area (Å²) in [6, 6.07) is -0.658. The van der Waals surface area contributed by atoms with Crippen molar-refractivity contribution < 1.29 is 20.1 Å². The molecule has 0 aliphatic heterocycles. The van der Waals surface area contributed by atoms with Crippen molar-refractivity contribution in [3.63, 3.8) is 0 Å². The van der Waals surface area contributed by atoms with Crippen LogP contribution in [-0.4, -0.2) is 46.1 Å². The average Bonchev–Trinajstić information content (AvgIpc) is 2.92. The van der Waals surface area contributed by atoms with Gasteiger partial charge in [0.1, 0.15) is 0 Å². The molecule has 0 fully saturated rings. The van der Waals surface area contributed by atoms with Crippen LogP contribution < -0.4 is 5.32 Å². The van der Waals surface area contributed by atoms with Crippen molar-refractivity contribution in [2.75, 3.05) is 6.61 Å². The maximum Gasteiger partial charge on any atom is 0.222 e. The van der Waals surface area contributed by atoms with E-state index in [0.717, 1.165) is 38.5 Å². The van der Waals surface area contributed by atoms with Crippen LogP contribution in [0.1, 0.15) is 174 Å². The Morgan fingerprint density at radius 1 is 0.615 bits per heavy atom. The fraction of sp³-hybridized carbons (Fsp3) is 0.912. The minimum absolute atomic E-state index is 0.0224.